The first-order valence-electron chi connectivity index (χ1n) is 8.40. The molecule has 0 aliphatic carbocycles. The number of nitrogens with zero attached hydrogens (tertiary/aromatic N) is 2. The maximum Gasteiger partial charge on any atom is 0.210 e. The number of aromatic nitrogens is 2. The molecule has 5 nitrogen and oxygen atoms in total. The van der Waals surface area contributed by atoms with E-state index in [0.717, 1.165) is 15.6 Å². The van der Waals surface area contributed by atoms with Crippen molar-refractivity contribution >= 4 is 33.9 Å². The predicted molar refractivity (Wildman–Crippen MR) is 107 cm³/mol. The molecule has 0 amide bonds. The first-order valence-corrected chi connectivity index (χ1v) is 10.2. The fourth-order valence-corrected chi connectivity index (χ4v) is 3.98. The van der Waals surface area contributed by atoms with Gasteiger partial charge in [0.2, 0.25) is 5.13 Å². The summed E-state index contributed by atoms with van der Waals surface area (Å²) in [5.41, 5.74) is 2.60. The SMILES string of the molecule is Cc1ccccc1Nc1nnc(SC[C@@H](O)COCc2ccccc2F)s1. The van der Waals surface area contributed by atoms with E-state index >= 15 is 0 Å². The quantitative estimate of drug-likeness (QED) is 0.515. The highest BCUT2D eigenvalue weighted by Crippen LogP contribution is 2.29. The summed E-state index contributed by atoms with van der Waals surface area (Å²) >= 11 is 2.84. The Hall–Kier alpha value is -2.00. The molecule has 3 rings (SSSR count). The number of nitrogens with one attached hydrogen (secondary N) is 1. The van der Waals surface area contributed by atoms with Crippen molar-refractivity contribution in [2.45, 2.75) is 24.0 Å². The topological polar surface area (TPSA) is 67.3 Å². The average Bonchev–Trinajstić information content (AvgIpc) is 3.11. The maximum absolute atomic E-state index is 13.5. The summed E-state index contributed by atoms with van der Waals surface area (Å²) in [6, 6.07) is 14.4. The summed E-state index contributed by atoms with van der Waals surface area (Å²) in [7, 11) is 0. The van der Waals surface area contributed by atoms with Crippen LogP contribution in [-0.2, 0) is 11.3 Å². The molecule has 1 aromatic heterocycles. The average molecular weight is 406 g/mol. The fraction of sp³-hybridized carbons (Fsp3) is 0.263. The Labute approximate surface area is 165 Å². The predicted octanol–water partition coefficient (Wildman–Crippen LogP) is 4.40. The fourth-order valence-electron chi connectivity index (χ4n) is 2.28. The zero-order chi connectivity index (χ0) is 19.1. The van der Waals surface area contributed by atoms with Gasteiger partial charge in [0.05, 0.1) is 19.3 Å². The molecule has 0 fully saturated rings. The normalized spacial score (nSPS) is 12.1. The summed E-state index contributed by atoms with van der Waals surface area (Å²) in [6.45, 7) is 2.29. The number of para-hydroxylation sites is 1. The largest absolute Gasteiger partial charge is 0.390 e. The smallest absolute Gasteiger partial charge is 0.210 e. The van der Waals surface area contributed by atoms with Crippen molar-refractivity contribution < 1.29 is 14.2 Å². The molecule has 8 heteroatoms. The van der Waals surface area contributed by atoms with Crippen LogP contribution in [0.25, 0.3) is 0 Å². The molecule has 0 aliphatic rings. The maximum atomic E-state index is 13.5. The number of ether oxygens (including phenoxy) is 1. The van der Waals surface area contributed by atoms with Gasteiger partial charge >= 0.3 is 0 Å². The van der Waals surface area contributed by atoms with Crippen LogP contribution in [0.15, 0.2) is 52.9 Å². The van der Waals surface area contributed by atoms with Gasteiger partial charge in [0, 0.05) is 17.0 Å². The molecule has 0 saturated heterocycles. The molecule has 0 radical (unpaired) electrons. The highest BCUT2D eigenvalue weighted by molar-refractivity contribution is 8.01. The number of hydrogen-bond acceptors (Lipinski definition) is 7. The van der Waals surface area contributed by atoms with E-state index in [1.807, 2.05) is 31.2 Å². The number of anilines is 2. The third-order valence-electron chi connectivity index (χ3n) is 3.72. The third kappa shape index (κ3) is 6.00. The van der Waals surface area contributed by atoms with Crippen LogP contribution in [0.5, 0.6) is 0 Å². The second-order valence-corrected chi connectivity index (χ2v) is 8.13. The summed E-state index contributed by atoms with van der Waals surface area (Å²) in [5.74, 6) is 0.125. The molecule has 27 heavy (non-hydrogen) atoms. The lowest BCUT2D eigenvalue weighted by atomic mass is 10.2. The Morgan fingerprint density at radius 1 is 1.19 bits per heavy atom. The van der Waals surface area contributed by atoms with Gasteiger partial charge in [0.25, 0.3) is 0 Å². The van der Waals surface area contributed by atoms with Crippen LogP contribution in [-0.4, -0.2) is 33.8 Å². The lowest BCUT2D eigenvalue weighted by Gasteiger charge is -2.10. The second kappa shape index (κ2) is 9.80. The molecule has 1 atom stereocenters. The lowest BCUT2D eigenvalue weighted by molar-refractivity contribution is 0.0387. The van der Waals surface area contributed by atoms with E-state index in [4.69, 9.17) is 4.74 Å². The van der Waals surface area contributed by atoms with Crippen LogP contribution in [0.4, 0.5) is 15.2 Å². The minimum atomic E-state index is -0.668. The van der Waals surface area contributed by atoms with Gasteiger partial charge in [-0.3, -0.25) is 0 Å². The third-order valence-corrected chi connectivity index (χ3v) is 5.83. The van der Waals surface area contributed by atoms with Crippen LogP contribution in [0, 0.1) is 12.7 Å². The van der Waals surface area contributed by atoms with Crippen molar-refractivity contribution in [3.63, 3.8) is 0 Å². The van der Waals surface area contributed by atoms with E-state index in [2.05, 4.69) is 15.5 Å². The number of halogens is 1. The van der Waals surface area contributed by atoms with Crippen LogP contribution < -0.4 is 5.32 Å². The van der Waals surface area contributed by atoms with E-state index < -0.39 is 6.10 Å². The Morgan fingerprint density at radius 2 is 1.96 bits per heavy atom. The van der Waals surface area contributed by atoms with Gasteiger partial charge in [0.1, 0.15) is 5.82 Å². The van der Waals surface area contributed by atoms with Crippen molar-refractivity contribution in [1.82, 2.24) is 10.2 Å². The van der Waals surface area contributed by atoms with E-state index in [-0.39, 0.29) is 19.0 Å². The molecule has 0 spiro atoms. The summed E-state index contributed by atoms with van der Waals surface area (Å²) in [6.07, 6.45) is -0.668. The van der Waals surface area contributed by atoms with Crippen LogP contribution in [0.2, 0.25) is 0 Å². The molecule has 0 unspecified atom stereocenters. The molecule has 142 valence electrons. The van der Waals surface area contributed by atoms with Gasteiger partial charge in [-0.1, -0.05) is 59.5 Å². The Morgan fingerprint density at radius 3 is 2.78 bits per heavy atom. The van der Waals surface area contributed by atoms with Gasteiger partial charge in [-0.15, -0.1) is 10.2 Å². The molecule has 0 aliphatic heterocycles. The number of benzene rings is 2. The molecule has 0 saturated carbocycles. The second-order valence-electron chi connectivity index (χ2n) is 5.88. The van der Waals surface area contributed by atoms with Crippen molar-refractivity contribution in [2.75, 3.05) is 17.7 Å². The van der Waals surface area contributed by atoms with Crippen LogP contribution in [0.3, 0.4) is 0 Å². The number of rotatable bonds is 9. The molecular weight excluding hydrogens is 385 g/mol. The summed E-state index contributed by atoms with van der Waals surface area (Å²) in [4.78, 5) is 0. The molecule has 3 aromatic rings. The van der Waals surface area contributed by atoms with Crippen molar-refractivity contribution in [3.8, 4) is 0 Å². The zero-order valence-electron chi connectivity index (χ0n) is 14.8. The van der Waals surface area contributed by atoms with E-state index in [1.54, 1.807) is 18.2 Å². The van der Waals surface area contributed by atoms with Gasteiger partial charge in [-0.2, -0.15) is 0 Å². The monoisotopic (exact) mass is 405 g/mol. The number of aliphatic hydroxyl groups is 1. The molecule has 1 heterocycles. The Bertz CT molecular complexity index is 875. The summed E-state index contributed by atoms with van der Waals surface area (Å²) < 4.78 is 19.7. The minimum absolute atomic E-state index is 0.133. The first kappa shape index (κ1) is 19.8. The van der Waals surface area contributed by atoms with E-state index in [0.29, 0.717) is 16.4 Å². The molecule has 0 bridgehead atoms. The summed E-state index contributed by atoms with van der Waals surface area (Å²) in [5, 5.41) is 22.2. The highest BCUT2D eigenvalue weighted by atomic mass is 32.2. The van der Waals surface area contributed by atoms with Crippen molar-refractivity contribution in [3.05, 3.63) is 65.5 Å². The van der Waals surface area contributed by atoms with Crippen molar-refractivity contribution in [1.29, 1.82) is 0 Å². The van der Waals surface area contributed by atoms with Gasteiger partial charge in [-0.05, 0) is 24.6 Å². The van der Waals surface area contributed by atoms with Gasteiger partial charge in [-0.25, -0.2) is 4.39 Å². The van der Waals surface area contributed by atoms with Gasteiger partial charge < -0.3 is 15.2 Å². The molecule has 2 N–H and O–H groups in total. The first-order chi connectivity index (χ1) is 13.1. The number of aliphatic hydroxyl groups excluding tert-OH is 1. The lowest BCUT2D eigenvalue weighted by Crippen LogP contribution is -2.18. The Balaban J connectivity index is 1.41. The van der Waals surface area contributed by atoms with E-state index in [9.17, 15) is 9.50 Å². The zero-order valence-corrected chi connectivity index (χ0v) is 16.4. The number of hydrogen-bond donors (Lipinski definition) is 2. The molecular formula is C19H20FN3O2S2. The highest BCUT2D eigenvalue weighted by Gasteiger charge is 2.11. The minimum Gasteiger partial charge on any atom is -0.390 e. The van der Waals surface area contributed by atoms with Gasteiger partial charge in [0.15, 0.2) is 4.34 Å². The van der Waals surface area contributed by atoms with Crippen molar-refractivity contribution in [2.24, 2.45) is 0 Å². The Kier molecular flexibility index (Phi) is 7.17. The number of aryl methyl sites for hydroxylation is 1. The molecule has 2 aromatic carbocycles. The van der Waals surface area contributed by atoms with Crippen LogP contribution in [0.1, 0.15) is 11.1 Å². The van der Waals surface area contributed by atoms with Crippen LogP contribution >= 0.6 is 23.1 Å². The van der Waals surface area contributed by atoms with E-state index in [1.165, 1.54) is 29.2 Å². The standard InChI is InChI=1S/C19H20FN3O2S2/c1-13-6-2-5-9-17(13)21-18-22-23-19(27-18)26-12-15(24)11-25-10-14-7-3-4-8-16(14)20/h2-9,15,24H,10-12H2,1H3,(H,21,22)/t15-/m0/s1. The number of thioether (sulfide) groups is 1.